The first kappa shape index (κ1) is 14.8. The number of hydrogen-bond acceptors (Lipinski definition) is 4. The number of nitrogens with one attached hydrogen (secondary N) is 1. The van der Waals surface area contributed by atoms with E-state index in [0.29, 0.717) is 18.0 Å². The van der Waals surface area contributed by atoms with Gasteiger partial charge in [0.05, 0.1) is 6.04 Å². The fraction of sp³-hybridized carbons (Fsp3) is 0.400. The van der Waals surface area contributed by atoms with E-state index in [0.717, 1.165) is 24.6 Å². The van der Waals surface area contributed by atoms with Crippen molar-refractivity contribution in [3.05, 3.63) is 35.9 Å². The highest BCUT2D eigenvalue weighted by Gasteiger charge is 2.19. The van der Waals surface area contributed by atoms with Crippen molar-refractivity contribution in [3.8, 4) is 0 Å². The molecule has 0 saturated heterocycles. The number of carbonyl (C=O) groups excluding carboxylic acids is 2. The van der Waals surface area contributed by atoms with E-state index in [1.165, 1.54) is 5.56 Å². The van der Waals surface area contributed by atoms with Crippen molar-refractivity contribution in [1.82, 2.24) is 5.32 Å². The Labute approximate surface area is 123 Å². The molecule has 0 radical (unpaired) electrons. The molecule has 5 heteroatoms. The molecule has 1 amide bonds. The number of thioether (sulfide) groups is 1. The van der Waals surface area contributed by atoms with Crippen molar-refractivity contribution < 1.29 is 9.59 Å². The average molecular weight is 290 g/mol. The van der Waals surface area contributed by atoms with Gasteiger partial charge in [0.2, 0.25) is 5.91 Å². The summed E-state index contributed by atoms with van der Waals surface area (Å²) in [6, 6.07) is 10.1. The van der Waals surface area contributed by atoms with E-state index < -0.39 is 0 Å². The first-order valence-corrected chi connectivity index (χ1v) is 7.57. The average Bonchev–Trinajstić information content (AvgIpc) is 2.38. The number of rotatable bonds is 4. The van der Waals surface area contributed by atoms with Crippen LogP contribution in [0.15, 0.2) is 35.3 Å². The topological polar surface area (TPSA) is 58.5 Å². The molecular weight excluding hydrogens is 272 g/mol. The van der Waals surface area contributed by atoms with Gasteiger partial charge in [-0.2, -0.15) is 0 Å². The fourth-order valence-corrected chi connectivity index (χ4v) is 2.87. The molecule has 0 fully saturated rings. The van der Waals surface area contributed by atoms with Crippen molar-refractivity contribution in [2.45, 2.75) is 38.6 Å². The van der Waals surface area contributed by atoms with Gasteiger partial charge in [-0.1, -0.05) is 30.3 Å². The van der Waals surface area contributed by atoms with Crippen molar-refractivity contribution in [2.75, 3.05) is 0 Å². The first-order chi connectivity index (χ1) is 9.63. The summed E-state index contributed by atoms with van der Waals surface area (Å²) in [4.78, 5) is 27.5. The van der Waals surface area contributed by atoms with Crippen LogP contribution in [-0.2, 0) is 16.0 Å². The standard InChI is InChI=1S/C15H18N2O2S/c1-11-10-13(18)17-15(16-11)20-14(19)9-5-8-12-6-3-2-4-7-12/h2-4,6-7,11H,5,8-10H2,1H3,(H,16,17,18)/t11-/m0/s1. The molecule has 1 aliphatic heterocycles. The predicted octanol–water partition coefficient (Wildman–Crippen LogP) is 2.53. The zero-order chi connectivity index (χ0) is 14.4. The van der Waals surface area contributed by atoms with Crippen LogP contribution in [0.4, 0.5) is 0 Å². The summed E-state index contributed by atoms with van der Waals surface area (Å²) < 4.78 is 0. The molecule has 0 saturated carbocycles. The third-order valence-corrected chi connectivity index (χ3v) is 3.80. The largest absolute Gasteiger partial charge is 0.305 e. The van der Waals surface area contributed by atoms with E-state index in [-0.39, 0.29) is 17.1 Å². The van der Waals surface area contributed by atoms with Crippen molar-refractivity contribution in [1.29, 1.82) is 0 Å². The zero-order valence-corrected chi connectivity index (χ0v) is 12.3. The van der Waals surface area contributed by atoms with Crippen LogP contribution in [0.3, 0.4) is 0 Å². The normalized spacial score (nSPS) is 18.4. The number of hydrogen-bond donors (Lipinski definition) is 1. The summed E-state index contributed by atoms with van der Waals surface area (Å²) in [7, 11) is 0. The predicted molar refractivity (Wildman–Crippen MR) is 81.6 cm³/mol. The van der Waals surface area contributed by atoms with Gasteiger partial charge in [-0.3, -0.25) is 14.6 Å². The molecule has 1 aromatic carbocycles. The Kier molecular flexibility index (Phi) is 5.35. The van der Waals surface area contributed by atoms with Crippen molar-refractivity contribution in [3.63, 3.8) is 0 Å². The molecule has 1 atom stereocenters. The molecule has 4 nitrogen and oxygen atoms in total. The van der Waals surface area contributed by atoms with Crippen LogP contribution in [0.5, 0.6) is 0 Å². The molecule has 2 rings (SSSR count). The Balaban J connectivity index is 1.74. The molecule has 0 unspecified atom stereocenters. The van der Waals surface area contributed by atoms with Crippen LogP contribution < -0.4 is 5.32 Å². The molecule has 0 spiro atoms. The lowest BCUT2D eigenvalue weighted by Crippen LogP contribution is -2.36. The number of nitrogens with zero attached hydrogens (tertiary/aromatic N) is 1. The van der Waals surface area contributed by atoms with Gasteiger partial charge in [-0.05, 0) is 37.1 Å². The van der Waals surface area contributed by atoms with Crippen LogP contribution >= 0.6 is 11.8 Å². The SMILES string of the molecule is C[C@H]1CC(=O)NC(SC(=O)CCCc2ccccc2)=N1. The lowest BCUT2D eigenvalue weighted by molar-refractivity contribution is -0.120. The summed E-state index contributed by atoms with van der Waals surface area (Å²) in [6.07, 6.45) is 2.59. The smallest absolute Gasteiger partial charge is 0.228 e. The van der Waals surface area contributed by atoms with Gasteiger partial charge in [0, 0.05) is 12.8 Å². The maximum Gasteiger partial charge on any atom is 0.228 e. The Morgan fingerprint density at radius 2 is 2.15 bits per heavy atom. The molecule has 1 aromatic rings. The molecule has 1 heterocycles. The molecule has 106 valence electrons. The monoisotopic (exact) mass is 290 g/mol. The van der Waals surface area contributed by atoms with Crippen LogP contribution in [0, 0.1) is 0 Å². The second kappa shape index (κ2) is 7.24. The van der Waals surface area contributed by atoms with E-state index in [1.807, 2.05) is 25.1 Å². The van der Waals surface area contributed by atoms with Crippen LogP contribution in [0.1, 0.15) is 31.7 Å². The van der Waals surface area contributed by atoms with Gasteiger partial charge in [-0.15, -0.1) is 0 Å². The highest BCUT2D eigenvalue weighted by molar-refractivity contribution is 8.26. The highest BCUT2D eigenvalue weighted by atomic mass is 32.2. The first-order valence-electron chi connectivity index (χ1n) is 6.76. The second-order valence-electron chi connectivity index (χ2n) is 4.85. The zero-order valence-electron chi connectivity index (χ0n) is 11.5. The van der Waals surface area contributed by atoms with E-state index in [4.69, 9.17) is 0 Å². The van der Waals surface area contributed by atoms with Gasteiger partial charge >= 0.3 is 0 Å². The van der Waals surface area contributed by atoms with Crippen LogP contribution in [0.25, 0.3) is 0 Å². The van der Waals surface area contributed by atoms with E-state index in [2.05, 4.69) is 22.4 Å². The summed E-state index contributed by atoms with van der Waals surface area (Å²) in [5.74, 6) is -0.0629. The van der Waals surface area contributed by atoms with Crippen molar-refractivity contribution in [2.24, 2.45) is 4.99 Å². The van der Waals surface area contributed by atoms with Crippen LogP contribution in [0.2, 0.25) is 0 Å². The maximum absolute atomic E-state index is 11.8. The van der Waals surface area contributed by atoms with Gasteiger partial charge in [-0.25, -0.2) is 0 Å². The van der Waals surface area contributed by atoms with Gasteiger partial charge in [0.1, 0.15) is 0 Å². The van der Waals surface area contributed by atoms with Gasteiger partial charge in [0.25, 0.3) is 0 Å². The van der Waals surface area contributed by atoms with Gasteiger partial charge in [0.15, 0.2) is 10.3 Å². The highest BCUT2D eigenvalue weighted by Crippen LogP contribution is 2.15. The third kappa shape index (κ3) is 4.81. The summed E-state index contributed by atoms with van der Waals surface area (Å²) in [5, 5.41) is 3.13. The fourth-order valence-electron chi connectivity index (χ4n) is 2.01. The Hall–Kier alpha value is -1.62. The molecule has 0 bridgehead atoms. The summed E-state index contributed by atoms with van der Waals surface area (Å²) in [5.41, 5.74) is 1.24. The van der Waals surface area contributed by atoms with Crippen LogP contribution in [-0.4, -0.2) is 22.2 Å². The number of amidine groups is 1. The maximum atomic E-state index is 11.8. The minimum Gasteiger partial charge on any atom is -0.305 e. The summed E-state index contributed by atoms with van der Waals surface area (Å²) >= 11 is 1.04. The number of amides is 1. The van der Waals surface area contributed by atoms with E-state index in [9.17, 15) is 9.59 Å². The second-order valence-corrected chi connectivity index (χ2v) is 5.89. The molecule has 20 heavy (non-hydrogen) atoms. The Bertz CT molecular complexity index is 514. The van der Waals surface area contributed by atoms with Gasteiger partial charge < -0.3 is 5.32 Å². The molecule has 1 N–H and O–H groups in total. The minimum absolute atomic E-state index is 0.0385. The third-order valence-electron chi connectivity index (χ3n) is 2.96. The molecule has 0 aromatic heterocycles. The minimum atomic E-state index is -0.0629. The molecule has 1 aliphatic rings. The quantitative estimate of drug-likeness (QED) is 0.927. The summed E-state index contributed by atoms with van der Waals surface area (Å²) in [6.45, 7) is 1.87. The lowest BCUT2D eigenvalue weighted by atomic mass is 10.1. The molecule has 0 aliphatic carbocycles. The Morgan fingerprint density at radius 1 is 1.40 bits per heavy atom. The molecular formula is C15H18N2O2S. The van der Waals surface area contributed by atoms with E-state index >= 15 is 0 Å². The van der Waals surface area contributed by atoms with Crippen molar-refractivity contribution >= 4 is 28.0 Å². The number of benzene rings is 1. The number of aliphatic imine (C=N–C) groups is 1. The lowest BCUT2D eigenvalue weighted by Gasteiger charge is -2.16. The number of aryl methyl sites for hydroxylation is 1. The number of carbonyl (C=O) groups is 2. The Morgan fingerprint density at radius 3 is 2.85 bits per heavy atom. The van der Waals surface area contributed by atoms with E-state index in [1.54, 1.807) is 0 Å².